The zero-order chi connectivity index (χ0) is 17.5. The molecule has 132 valence electrons. The van der Waals surface area contributed by atoms with Crippen LogP contribution in [0.15, 0.2) is 54.7 Å². The molecule has 25 heavy (non-hydrogen) atoms. The minimum absolute atomic E-state index is 0.0256. The molecule has 1 saturated heterocycles. The highest BCUT2D eigenvalue weighted by Gasteiger charge is 2.19. The highest BCUT2D eigenvalue weighted by molar-refractivity contribution is 5.78. The summed E-state index contributed by atoms with van der Waals surface area (Å²) in [6, 6.07) is 15.6. The largest absolute Gasteiger partial charge is 0.354 e. The minimum atomic E-state index is -0.175. The van der Waals surface area contributed by atoms with Crippen molar-refractivity contribution in [1.29, 1.82) is 0 Å². The van der Waals surface area contributed by atoms with E-state index in [0.717, 1.165) is 37.6 Å². The Morgan fingerprint density at radius 1 is 1.08 bits per heavy atom. The fraction of sp³-hybridized carbons (Fsp3) is 0.368. The van der Waals surface area contributed by atoms with Crippen molar-refractivity contribution < 1.29 is 4.79 Å². The highest BCUT2D eigenvalue weighted by Crippen LogP contribution is 2.12. The lowest BCUT2D eigenvalue weighted by atomic mass is 10.1. The van der Waals surface area contributed by atoms with Crippen molar-refractivity contribution in [1.82, 2.24) is 15.2 Å². The number of nitrogens with two attached hydrogens (primary N) is 1. The van der Waals surface area contributed by atoms with Gasteiger partial charge in [-0.15, -0.1) is 0 Å². The zero-order valence-corrected chi connectivity index (χ0v) is 14.3. The lowest BCUT2D eigenvalue weighted by Crippen LogP contribution is -2.50. The average molecular weight is 339 g/mol. The van der Waals surface area contributed by atoms with Crippen LogP contribution < -0.4 is 16.0 Å². The lowest BCUT2D eigenvalue weighted by Gasteiger charge is -2.35. The molecule has 1 aromatic heterocycles. The fourth-order valence-electron chi connectivity index (χ4n) is 2.98. The zero-order valence-electron chi connectivity index (χ0n) is 14.3. The van der Waals surface area contributed by atoms with Gasteiger partial charge in [0, 0.05) is 45.0 Å². The van der Waals surface area contributed by atoms with E-state index < -0.39 is 0 Å². The van der Waals surface area contributed by atoms with Crippen LogP contribution in [-0.4, -0.2) is 55.1 Å². The molecule has 1 amide bonds. The normalized spacial score (nSPS) is 16.4. The molecule has 0 aliphatic carbocycles. The predicted octanol–water partition coefficient (Wildman–Crippen LogP) is 1.02. The standard InChI is InChI=1S/C19H25N5O/c20-17(16-6-2-1-3-7-16)14-22-19(25)15-23-10-12-24(13-11-23)18-8-4-5-9-21-18/h1-9,17H,10-15,20H2,(H,22,25). The maximum absolute atomic E-state index is 12.2. The molecule has 1 fully saturated rings. The Labute approximate surface area is 148 Å². The van der Waals surface area contributed by atoms with Crippen LogP contribution in [0, 0.1) is 0 Å². The van der Waals surface area contributed by atoms with Gasteiger partial charge in [0.1, 0.15) is 5.82 Å². The number of hydrogen-bond donors (Lipinski definition) is 2. The Hall–Kier alpha value is -2.44. The number of pyridine rings is 1. The number of aromatic nitrogens is 1. The molecule has 2 heterocycles. The third kappa shape index (κ3) is 5.01. The summed E-state index contributed by atoms with van der Waals surface area (Å²) in [7, 11) is 0. The summed E-state index contributed by atoms with van der Waals surface area (Å²) in [5, 5.41) is 2.94. The van der Waals surface area contributed by atoms with Gasteiger partial charge in [0.05, 0.1) is 6.54 Å². The van der Waals surface area contributed by atoms with E-state index in [1.807, 2.05) is 54.7 Å². The molecule has 0 saturated carbocycles. The number of benzene rings is 1. The van der Waals surface area contributed by atoms with E-state index in [1.165, 1.54) is 0 Å². The number of hydrogen-bond acceptors (Lipinski definition) is 5. The van der Waals surface area contributed by atoms with Crippen molar-refractivity contribution in [2.24, 2.45) is 5.73 Å². The highest BCUT2D eigenvalue weighted by atomic mass is 16.2. The minimum Gasteiger partial charge on any atom is -0.354 e. The molecule has 1 atom stereocenters. The molecule has 6 nitrogen and oxygen atoms in total. The molecular weight excluding hydrogens is 314 g/mol. The summed E-state index contributed by atoms with van der Waals surface area (Å²) in [6.07, 6.45) is 1.81. The summed E-state index contributed by atoms with van der Waals surface area (Å²) >= 11 is 0. The van der Waals surface area contributed by atoms with Crippen molar-refractivity contribution >= 4 is 11.7 Å². The van der Waals surface area contributed by atoms with Gasteiger partial charge in [-0.25, -0.2) is 4.98 Å². The van der Waals surface area contributed by atoms with Crippen LogP contribution in [0.25, 0.3) is 0 Å². The second-order valence-electron chi connectivity index (χ2n) is 6.27. The van der Waals surface area contributed by atoms with Gasteiger partial charge in [0.15, 0.2) is 0 Å². The van der Waals surface area contributed by atoms with Gasteiger partial charge in [-0.2, -0.15) is 0 Å². The molecule has 1 aliphatic rings. The molecular formula is C19H25N5O. The van der Waals surface area contributed by atoms with Crippen molar-refractivity contribution in [3.05, 3.63) is 60.3 Å². The smallest absolute Gasteiger partial charge is 0.234 e. The lowest BCUT2D eigenvalue weighted by molar-refractivity contribution is -0.122. The van der Waals surface area contributed by atoms with Crippen molar-refractivity contribution in [3.8, 4) is 0 Å². The van der Waals surface area contributed by atoms with E-state index in [2.05, 4.69) is 20.1 Å². The third-order valence-corrected chi connectivity index (χ3v) is 4.46. The number of carbonyl (C=O) groups excluding carboxylic acids is 1. The van der Waals surface area contributed by atoms with E-state index >= 15 is 0 Å². The summed E-state index contributed by atoms with van der Waals surface area (Å²) in [6.45, 7) is 4.35. The van der Waals surface area contributed by atoms with E-state index in [-0.39, 0.29) is 11.9 Å². The van der Waals surface area contributed by atoms with E-state index in [0.29, 0.717) is 13.1 Å². The van der Waals surface area contributed by atoms with Crippen molar-refractivity contribution in [2.45, 2.75) is 6.04 Å². The third-order valence-electron chi connectivity index (χ3n) is 4.46. The van der Waals surface area contributed by atoms with Crippen LogP contribution in [0.2, 0.25) is 0 Å². The summed E-state index contributed by atoms with van der Waals surface area (Å²) in [5.74, 6) is 1.03. The average Bonchev–Trinajstić information content (AvgIpc) is 2.68. The SMILES string of the molecule is NC(CNC(=O)CN1CCN(c2ccccn2)CC1)c1ccccc1. The van der Waals surface area contributed by atoms with Crippen molar-refractivity contribution in [3.63, 3.8) is 0 Å². The van der Waals surface area contributed by atoms with Crippen LogP contribution in [0.3, 0.4) is 0 Å². The molecule has 1 unspecified atom stereocenters. The molecule has 0 spiro atoms. The topological polar surface area (TPSA) is 74.5 Å². The van der Waals surface area contributed by atoms with Crippen LogP contribution in [0.4, 0.5) is 5.82 Å². The summed E-state index contributed by atoms with van der Waals surface area (Å²) in [4.78, 5) is 21.0. The molecule has 3 rings (SSSR count). The van der Waals surface area contributed by atoms with E-state index in [4.69, 9.17) is 5.73 Å². The van der Waals surface area contributed by atoms with Crippen LogP contribution >= 0.6 is 0 Å². The molecule has 1 aliphatic heterocycles. The number of carbonyl (C=O) groups is 1. The van der Waals surface area contributed by atoms with Crippen LogP contribution in [0.5, 0.6) is 0 Å². The number of piperazine rings is 1. The van der Waals surface area contributed by atoms with Gasteiger partial charge in [-0.05, 0) is 17.7 Å². The quantitative estimate of drug-likeness (QED) is 0.822. The Morgan fingerprint density at radius 3 is 2.48 bits per heavy atom. The van der Waals surface area contributed by atoms with Crippen LogP contribution in [0.1, 0.15) is 11.6 Å². The number of nitrogens with zero attached hydrogens (tertiary/aromatic N) is 3. The predicted molar refractivity (Wildman–Crippen MR) is 99.3 cm³/mol. The molecule has 3 N–H and O–H groups in total. The first-order valence-corrected chi connectivity index (χ1v) is 8.68. The summed E-state index contributed by atoms with van der Waals surface area (Å²) in [5.41, 5.74) is 7.15. The van der Waals surface area contributed by atoms with E-state index in [1.54, 1.807) is 0 Å². The Balaban J connectivity index is 1.39. The second-order valence-corrected chi connectivity index (χ2v) is 6.27. The van der Waals surface area contributed by atoms with E-state index in [9.17, 15) is 4.79 Å². The number of rotatable bonds is 6. The van der Waals surface area contributed by atoms with Gasteiger partial charge >= 0.3 is 0 Å². The summed E-state index contributed by atoms with van der Waals surface area (Å²) < 4.78 is 0. The van der Waals surface area contributed by atoms with Crippen LogP contribution in [-0.2, 0) is 4.79 Å². The van der Waals surface area contributed by atoms with Gasteiger partial charge in [-0.1, -0.05) is 36.4 Å². The van der Waals surface area contributed by atoms with Crippen molar-refractivity contribution in [2.75, 3.05) is 44.2 Å². The second kappa shape index (κ2) is 8.60. The first kappa shape index (κ1) is 17.4. The fourth-order valence-corrected chi connectivity index (χ4v) is 2.98. The molecule has 0 radical (unpaired) electrons. The van der Waals surface area contributed by atoms with Gasteiger partial charge < -0.3 is 16.0 Å². The maximum atomic E-state index is 12.2. The van der Waals surface area contributed by atoms with Gasteiger partial charge in [-0.3, -0.25) is 9.69 Å². The molecule has 2 aromatic rings. The Kier molecular flexibility index (Phi) is 5.98. The number of nitrogens with one attached hydrogen (secondary N) is 1. The molecule has 6 heteroatoms. The number of amides is 1. The first-order chi connectivity index (χ1) is 12.2. The van der Waals surface area contributed by atoms with Gasteiger partial charge in [0.2, 0.25) is 5.91 Å². The first-order valence-electron chi connectivity index (χ1n) is 8.68. The number of anilines is 1. The Bertz CT molecular complexity index is 656. The monoisotopic (exact) mass is 339 g/mol. The van der Waals surface area contributed by atoms with Gasteiger partial charge in [0.25, 0.3) is 0 Å². The molecule has 0 bridgehead atoms. The molecule has 1 aromatic carbocycles. The maximum Gasteiger partial charge on any atom is 0.234 e. The Morgan fingerprint density at radius 2 is 1.80 bits per heavy atom.